The molecule has 3 heteroatoms. The van der Waals surface area contributed by atoms with Crippen molar-refractivity contribution in [3.8, 4) is 5.75 Å². The van der Waals surface area contributed by atoms with Gasteiger partial charge in [0.2, 0.25) is 0 Å². The van der Waals surface area contributed by atoms with Crippen molar-refractivity contribution in [3.63, 3.8) is 0 Å². The van der Waals surface area contributed by atoms with Crippen LogP contribution in [0.15, 0.2) is 54.6 Å². The molecule has 0 aliphatic carbocycles. The Bertz CT molecular complexity index is 633. The van der Waals surface area contributed by atoms with Crippen molar-refractivity contribution >= 4 is 8.56 Å². The summed E-state index contributed by atoms with van der Waals surface area (Å²) in [5.41, 5.74) is 2.58. The molecule has 2 aromatic carbocycles. The van der Waals surface area contributed by atoms with E-state index in [2.05, 4.69) is 88.5 Å². The van der Waals surface area contributed by atoms with E-state index in [1.54, 1.807) is 0 Å². The van der Waals surface area contributed by atoms with Crippen LogP contribution in [0.1, 0.15) is 51.2 Å². The molecule has 2 nitrogen and oxygen atoms in total. The van der Waals surface area contributed by atoms with E-state index in [0.29, 0.717) is 0 Å². The molecular weight excluding hydrogens is 324 g/mol. The third-order valence-corrected chi connectivity index (χ3v) is 6.26. The highest BCUT2D eigenvalue weighted by atomic mass is 28.4. The molecule has 25 heavy (non-hydrogen) atoms. The van der Waals surface area contributed by atoms with E-state index in [0.717, 1.165) is 18.8 Å². The number of rotatable bonds is 9. The lowest BCUT2D eigenvalue weighted by Gasteiger charge is -2.27. The molecule has 0 aliphatic heterocycles. The molecule has 0 aliphatic rings. The van der Waals surface area contributed by atoms with Gasteiger partial charge in [0.15, 0.2) is 0 Å². The molecule has 0 radical (unpaired) electrons. The van der Waals surface area contributed by atoms with Crippen LogP contribution in [-0.2, 0) is 9.84 Å². The average Bonchev–Trinajstić information content (AvgIpc) is 2.60. The van der Waals surface area contributed by atoms with Crippen LogP contribution in [0.3, 0.4) is 0 Å². The molecule has 0 fully saturated rings. The summed E-state index contributed by atoms with van der Waals surface area (Å²) in [7, 11) is -2.12. The zero-order valence-electron chi connectivity index (χ0n) is 16.3. The number of hydrogen-bond donors (Lipinski definition) is 0. The van der Waals surface area contributed by atoms with Gasteiger partial charge in [0.25, 0.3) is 0 Å². The van der Waals surface area contributed by atoms with Gasteiger partial charge < -0.3 is 8.85 Å². The Morgan fingerprint density at radius 1 is 0.840 bits per heavy atom. The first-order valence-electron chi connectivity index (χ1n) is 9.34. The van der Waals surface area contributed by atoms with E-state index in [4.69, 9.17) is 8.85 Å². The fraction of sp³-hybridized carbons (Fsp3) is 0.455. The third-order valence-electron chi connectivity index (χ3n) is 4.63. The average molecular weight is 357 g/mol. The van der Waals surface area contributed by atoms with Crippen molar-refractivity contribution < 1.29 is 8.85 Å². The summed E-state index contributed by atoms with van der Waals surface area (Å²) in [6, 6.07) is 19.1. The molecule has 0 bridgehead atoms. The smallest absolute Gasteiger partial charge is 0.392 e. The van der Waals surface area contributed by atoms with Crippen molar-refractivity contribution in [2.75, 3.05) is 6.61 Å². The maximum absolute atomic E-state index is 6.17. The second-order valence-electron chi connectivity index (χ2n) is 7.57. The highest BCUT2D eigenvalue weighted by Gasteiger charge is 2.27. The number of benzene rings is 2. The summed E-state index contributed by atoms with van der Waals surface area (Å²) in [6.45, 7) is 11.7. The summed E-state index contributed by atoms with van der Waals surface area (Å²) in [4.78, 5) is 0. The van der Waals surface area contributed by atoms with Crippen LogP contribution in [0.4, 0.5) is 0 Å². The predicted octanol–water partition coefficient (Wildman–Crippen LogP) is 6.30. The van der Waals surface area contributed by atoms with Crippen LogP contribution in [0, 0.1) is 0 Å². The lowest BCUT2D eigenvalue weighted by Crippen LogP contribution is -2.38. The summed E-state index contributed by atoms with van der Waals surface area (Å²) in [6.07, 6.45) is 3.54. The zero-order chi connectivity index (χ0) is 18.3. The lowest BCUT2D eigenvalue weighted by molar-refractivity contribution is 0.241. The highest BCUT2D eigenvalue weighted by Crippen LogP contribution is 2.32. The van der Waals surface area contributed by atoms with Gasteiger partial charge in [-0.1, -0.05) is 76.1 Å². The van der Waals surface area contributed by atoms with Crippen LogP contribution in [0.5, 0.6) is 5.75 Å². The minimum Gasteiger partial charge on any atom is -0.520 e. The van der Waals surface area contributed by atoms with Crippen LogP contribution in [-0.4, -0.2) is 15.2 Å². The van der Waals surface area contributed by atoms with Crippen molar-refractivity contribution in [1.29, 1.82) is 0 Å². The van der Waals surface area contributed by atoms with Crippen molar-refractivity contribution in [2.24, 2.45) is 0 Å². The molecule has 0 N–H and O–H groups in total. The summed E-state index contributed by atoms with van der Waals surface area (Å²) < 4.78 is 12.2. The molecule has 0 unspecified atom stereocenters. The maximum atomic E-state index is 6.17. The van der Waals surface area contributed by atoms with E-state index >= 15 is 0 Å². The van der Waals surface area contributed by atoms with E-state index < -0.39 is 8.56 Å². The van der Waals surface area contributed by atoms with Gasteiger partial charge in [0.05, 0.1) is 0 Å². The fourth-order valence-corrected chi connectivity index (χ4v) is 4.34. The Labute approximate surface area is 154 Å². The SMILES string of the molecule is CCCCCO[Si](C)(C)Oc1ccc(C(C)(C)c2ccccc2)cc1. The Kier molecular flexibility index (Phi) is 6.85. The molecule has 0 heterocycles. The van der Waals surface area contributed by atoms with Gasteiger partial charge in [0, 0.05) is 12.0 Å². The van der Waals surface area contributed by atoms with Gasteiger partial charge in [-0.3, -0.25) is 0 Å². The van der Waals surface area contributed by atoms with E-state index in [1.807, 2.05) is 0 Å². The zero-order valence-corrected chi connectivity index (χ0v) is 17.3. The number of hydrogen-bond acceptors (Lipinski definition) is 2. The molecule has 0 aromatic heterocycles. The molecular formula is C22H32O2Si. The first-order chi connectivity index (χ1) is 11.8. The maximum Gasteiger partial charge on any atom is 0.392 e. The van der Waals surface area contributed by atoms with Gasteiger partial charge in [-0.25, -0.2) is 0 Å². The van der Waals surface area contributed by atoms with Gasteiger partial charge in [-0.05, 0) is 42.8 Å². The largest absolute Gasteiger partial charge is 0.520 e. The van der Waals surface area contributed by atoms with E-state index in [1.165, 1.54) is 24.0 Å². The monoisotopic (exact) mass is 356 g/mol. The Morgan fingerprint density at radius 2 is 1.44 bits per heavy atom. The molecule has 0 saturated heterocycles. The first kappa shape index (κ1) is 19.7. The van der Waals surface area contributed by atoms with Crippen molar-refractivity contribution in [2.45, 2.75) is 58.5 Å². The normalized spacial score (nSPS) is 12.2. The fourth-order valence-electron chi connectivity index (χ4n) is 2.94. The quantitative estimate of drug-likeness (QED) is 0.388. The van der Waals surface area contributed by atoms with E-state index in [-0.39, 0.29) is 5.41 Å². The number of unbranched alkanes of at least 4 members (excludes halogenated alkanes) is 2. The Balaban J connectivity index is 2.02. The minimum absolute atomic E-state index is 0.0244. The predicted molar refractivity (Wildman–Crippen MR) is 109 cm³/mol. The minimum atomic E-state index is -2.12. The molecule has 0 atom stereocenters. The Morgan fingerprint density at radius 3 is 2.04 bits per heavy atom. The molecule has 0 amide bonds. The van der Waals surface area contributed by atoms with Crippen molar-refractivity contribution in [3.05, 3.63) is 65.7 Å². The van der Waals surface area contributed by atoms with Gasteiger partial charge >= 0.3 is 8.56 Å². The second kappa shape index (κ2) is 8.68. The Hall–Kier alpha value is -1.58. The summed E-state index contributed by atoms with van der Waals surface area (Å²) in [5, 5.41) is 0. The van der Waals surface area contributed by atoms with Gasteiger partial charge in [0.1, 0.15) is 5.75 Å². The molecule has 0 saturated carbocycles. The molecule has 2 rings (SSSR count). The van der Waals surface area contributed by atoms with Crippen LogP contribution in [0.2, 0.25) is 13.1 Å². The standard InChI is InChI=1S/C22H32O2Si/c1-6-7-11-18-23-25(4,5)24-21-16-14-20(15-17-21)22(2,3)19-12-9-8-10-13-19/h8-10,12-17H,6-7,11,18H2,1-5H3. The van der Waals surface area contributed by atoms with Crippen LogP contribution < -0.4 is 4.43 Å². The second-order valence-corrected chi connectivity index (χ2v) is 10.9. The van der Waals surface area contributed by atoms with Gasteiger partial charge in [-0.15, -0.1) is 0 Å². The molecule has 2 aromatic rings. The first-order valence-corrected chi connectivity index (χ1v) is 12.2. The summed E-state index contributed by atoms with van der Waals surface area (Å²) >= 11 is 0. The summed E-state index contributed by atoms with van der Waals surface area (Å²) in [5.74, 6) is 0.903. The highest BCUT2D eigenvalue weighted by molar-refractivity contribution is 6.65. The van der Waals surface area contributed by atoms with Crippen LogP contribution in [0.25, 0.3) is 0 Å². The van der Waals surface area contributed by atoms with Crippen molar-refractivity contribution in [1.82, 2.24) is 0 Å². The molecule has 0 spiro atoms. The lowest BCUT2D eigenvalue weighted by atomic mass is 9.78. The third kappa shape index (κ3) is 5.72. The van der Waals surface area contributed by atoms with E-state index in [9.17, 15) is 0 Å². The van der Waals surface area contributed by atoms with Gasteiger partial charge in [-0.2, -0.15) is 0 Å². The topological polar surface area (TPSA) is 18.5 Å². The van der Waals surface area contributed by atoms with Crippen LogP contribution >= 0.6 is 0 Å². The molecule has 136 valence electrons.